The number of fused-ring (bicyclic) bond motifs is 3. The molecule has 1 unspecified atom stereocenters. The molecule has 1 aromatic heterocycles. The van der Waals surface area contributed by atoms with E-state index in [4.69, 9.17) is 16.6 Å². The number of halogens is 1. The second-order valence-electron chi connectivity index (χ2n) is 6.51. The Morgan fingerprint density at radius 3 is 2.50 bits per heavy atom. The summed E-state index contributed by atoms with van der Waals surface area (Å²) in [5, 5.41) is 4.28. The molecule has 0 amide bonds. The minimum atomic E-state index is 0.522. The molecule has 1 N–H and O–H groups in total. The Morgan fingerprint density at radius 1 is 1.15 bits per heavy atom. The molecule has 5 rings (SSSR count). The van der Waals surface area contributed by atoms with E-state index in [9.17, 15) is 0 Å². The van der Waals surface area contributed by atoms with Gasteiger partial charge in [0.2, 0.25) is 0 Å². The molecule has 4 aliphatic rings. The van der Waals surface area contributed by atoms with Crippen molar-refractivity contribution in [3.05, 3.63) is 16.5 Å². The van der Waals surface area contributed by atoms with Crippen LogP contribution in [0.2, 0.25) is 5.15 Å². The second-order valence-corrected chi connectivity index (χ2v) is 6.87. The second kappa shape index (κ2) is 4.85. The summed E-state index contributed by atoms with van der Waals surface area (Å²) in [6.07, 6.45) is 5.04. The minimum absolute atomic E-state index is 0.522. The van der Waals surface area contributed by atoms with Crippen LogP contribution in [0.3, 0.4) is 0 Å². The van der Waals surface area contributed by atoms with Crippen molar-refractivity contribution in [2.75, 3.05) is 25.0 Å². The summed E-state index contributed by atoms with van der Waals surface area (Å²) in [5.41, 5.74) is 0.993. The summed E-state index contributed by atoms with van der Waals surface area (Å²) in [7, 11) is 0. The van der Waals surface area contributed by atoms with E-state index in [0.717, 1.165) is 29.7 Å². The van der Waals surface area contributed by atoms with Crippen molar-refractivity contribution in [2.24, 2.45) is 5.92 Å². The highest BCUT2D eigenvalue weighted by atomic mass is 35.5. The van der Waals surface area contributed by atoms with Gasteiger partial charge in [-0.2, -0.15) is 0 Å². The van der Waals surface area contributed by atoms with E-state index in [0.29, 0.717) is 17.1 Å². The lowest BCUT2D eigenvalue weighted by Crippen LogP contribution is -2.53. The topological polar surface area (TPSA) is 41.1 Å². The number of nitrogens with zero attached hydrogens (tertiary/aromatic N) is 3. The highest BCUT2D eigenvalue weighted by Crippen LogP contribution is 2.40. The van der Waals surface area contributed by atoms with Crippen molar-refractivity contribution in [3.8, 4) is 0 Å². The standard InChI is InChI=1S/C15H21ClN4/c1-9-13(16)18-15(11-2-3-11)19-14(9)17-12-8-20-6-4-10(12)5-7-20/h10-12H,2-8H2,1H3,(H,17,18,19). The van der Waals surface area contributed by atoms with Crippen LogP contribution in [-0.2, 0) is 0 Å². The third kappa shape index (κ3) is 2.29. The van der Waals surface area contributed by atoms with Crippen LogP contribution >= 0.6 is 11.6 Å². The Kier molecular flexibility index (Phi) is 3.11. The predicted octanol–water partition coefficient (Wildman–Crippen LogP) is 2.82. The summed E-state index contributed by atoms with van der Waals surface area (Å²) >= 11 is 6.29. The molecule has 1 aliphatic carbocycles. The summed E-state index contributed by atoms with van der Waals surface area (Å²) in [6, 6.07) is 0.522. The molecule has 4 fully saturated rings. The maximum absolute atomic E-state index is 6.29. The van der Waals surface area contributed by atoms with Crippen LogP contribution in [0.1, 0.15) is 43.0 Å². The number of anilines is 1. The molecule has 3 aliphatic heterocycles. The fourth-order valence-corrected chi connectivity index (χ4v) is 3.65. The number of rotatable bonds is 3. The molecule has 1 atom stereocenters. The Labute approximate surface area is 124 Å². The van der Waals surface area contributed by atoms with Gasteiger partial charge < -0.3 is 10.2 Å². The summed E-state index contributed by atoms with van der Waals surface area (Å²) in [6.45, 7) is 5.69. The average molecular weight is 293 g/mol. The average Bonchev–Trinajstić information content (AvgIpc) is 3.29. The van der Waals surface area contributed by atoms with Crippen molar-refractivity contribution in [1.82, 2.24) is 14.9 Å². The van der Waals surface area contributed by atoms with Gasteiger partial charge in [-0.3, -0.25) is 0 Å². The highest BCUT2D eigenvalue weighted by Gasteiger charge is 2.35. The lowest BCUT2D eigenvalue weighted by Gasteiger charge is -2.45. The fraction of sp³-hybridized carbons (Fsp3) is 0.733. The van der Waals surface area contributed by atoms with Gasteiger partial charge in [-0.25, -0.2) is 9.97 Å². The van der Waals surface area contributed by atoms with Gasteiger partial charge in [-0.05, 0) is 51.6 Å². The van der Waals surface area contributed by atoms with Gasteiger partial charge >= 0.3 is 0 Å². The molecule has 0 spiro atoms. The van der Waals surface area contributed by atoms with Crippen LogP contribution in [0.25, 0.3) is 0 Å². The van der Waals surface area contributed by atoms with Crippen LogP contribution in [-0.4, -0.2) is 40.5 Å². The van der Waals surface area contributed by atoms with E-state index >= 15 is 0 Å². The van der Waals surface area contributed by atoms with Gasteiger partial charge in [-0.1, -0.05) is 11.6 Å². The van der Waals surface area contributed by atoms with Gasteiger partial charge in [0.25, 0.3) is 0 Å². The maximum atomic E-state index is 6.29. The van der Waals surface area contributed by atoms with Gasteiger partial charge in [0.05, 0.1) is 0 Å². The first-order valence-corrected chi connectivity index (χ1v) is 8.11. The molecule has 5 heteroatoms. The Bertz CT molecular complexity index is 521. The van der Waals surface area contributed by atoms with E-state index < -0.39 is 0 Å². The van der Waals surface area contributed by atoms with Crippen molar-refractivity contribution in [3.63, 3.8) is 0 Å². The molecule has 2 bridgehead atoms. The zero-order chi connectivity index (χ0) is 13.7. The van der Waals surface area contributed by atoms with Crippen LogP contribution in [0.15, 0.2) is 0 Å². The molecule has 4 heterocycles. The van der Waals surface area contributed by atoms with Crippen molar-refractivity contribution in [1.29, 1.82) is 0 Å². The van der Waals surface area contributed by atoms with E-state index in [2.05, 4.69) is 15.2 Å². The van der Waals surface area contributed by atoms with E-state index in [-0.39, 0.29) is 0 Å². The fourth-order valence-electron chi connectivity index (χ4n) is 3.47. The zero-order valence-corrected chi connectivity index (χ0v) is 12.7. The summed E-state index contributed by atoms with van der Waals surface area (Å²) in [4.78, 5) is 11.7. The molecular weight excluding hydrogens is 272 g/mol. The van der Waals surface area contributed by atoms with E-state index in [1.807, 2.05) is 6.92 Å². The van der Waals surface area contributed by atoms with Crippen molar-refractivity contribution >= 4 is 17.4 Å². The largest absolute Gasteiger partial charge is 0.365 e. The SMILES string of the molecule is Cc1c(Cl)nc(C2CC2)nc1NC1CN2CCC1CC2. The number of hydrogen-bond acceptors (Lipinski definition) is 4. The highest BCUT2D eigenvalue weighted by molar-refractivity contribution is 6.30. The van der Waals surface area contributed by atoms with Gasteiger partial charge in [0, 0.05) is 24.1 Å². The van der Waals surface area contributed by atoms with Crippen molar-refractivity contribution < 1.29 is 0 Å². The summed E-state index contributed by atoms with van der Waals surface area (Å²) < 4.78 is 0. The normalized spacial score (nSPS) is 32.4. The third-order valence-electron chi connectivity index (χ3n) is 5.02. The molecule has 1 aromatic rings. The number of aromatic nitrogens is 2. The smallest absolute Gasteiger partial charge is 0.137 e. The number of hydrogen-bond donors (Lipinski definition) is 1. The molecule has 1 saturated carbocycles. The minimum Gasteiger partial charge on any atom is -0.365 e. The van der Waals surface area contributed by atoms with Crippen LogP contribution in [0.5, 0.6) is 0 Å². The van der Waals surface area contributed by atoms with Gasteiger partial charge in [-0.15, -0.1) is 0 Å². The van der Waals surface area contributed by atoms with Gasteiger partial charge in [0.15, 0.2) is 0 Å². The molecule has 20 heavy (non-hydrogen) atoms. The monoisotopic (exact) mass is 292 g/mol. The maximum Gasteiger partial charge on any atom is 0.137 e. The van der Waals surface area contributed by atoms with Crippen LogP contribution in [0, 0.1) is 12.8 Å². The first-order chi connectivity index (χ1) is 9.70. The van der Waals surface area contributed by atoms with Crippen LogP contribution < -0.4 is 5.32 Å². The molecule has 4 nitrogen and oxygen atoms in total. The molecule has 0 radical (unpaired) electrons. The predicted molar refractivity (Wildman–Crippen MR) is 80.3 cm³/mol. The Balaban J connectivity index is 1.58. The summed E-state index contributed by atoms with van der Waals surface area (Å²) in [5.74, 6) is 3.23. The quantitative estimate of drug-likeness (QED) is 0.870. The Morgan fingerprint density at radius 2 is 1.90 bits per heavy atom. The lowest BCUT2D eigenvalue weighted by atomic mass is 9.84. The van der Waals surface area contributed by atoms with Crippen molar-refractivity contribution in [2.45, 2.75) is 44.6 Å². The molecule has 0 aromatic carbocycles. The molecule has 108 valence electrons. The van der Waals surface area contributed by atoms with E-state index in [1.54, 1.807) is 0 Å². The zero-order valence-electron chi connectivity index (χ0n) is 11.9. The number of nitrogens with one attached hydrogen (secondary N) is 1. The molecular formula is C15H21ClN4. The van der Waals surface area contributed by atoms with E-state index in [1.165, 1.54) is 38.8 Å². The molecule has 3 saturated heterocycles. The first-order valence-electron chi connectivity index (χ1n) is 7.73. The third-order valence-corrected chi connectivity index (χ3v) is 5.39. The Hall–Kier alpha value is -0.870. The lowest BCUT2D eigenvalue weighted by molar-refractivity contribution is 0.0973. The number of piperidine rings is 3. The van der Waals surface area contributed by atoms with Crippen LogP contribution in [0.4, 0.5) is 5.82 Å². The first kappa shape index (κ1) is 12.8. The van der Waals surface area contributed by atoms with Gasteiger partial charge in [0.1, 0.15) is 16.8 Å².